The van der Waals surface area contributed by atoms with E-state index < -0.39 is 17.9 Å². The summed E-state index contributed by atoms with van der Waals surface area (Å²) in [6, 6.07) is 29.8. The van der Waals surface area contributed by atoms with Gasteiger partial charge in [-0.2, -0.15) is 0 Å². The molecule has 6 heteroatoms. The Labute approximate surface area is 203 Å². The Bertz CT molecular complexity index is 1290. The van der Waals surface area contributed by atoms with Crippen LogP contribution in [0.15, 0.2) is 91.0 Å². The van der Waals surface area contributed by atoms with Crippen LogP contribution in [0.3, 0.4) is 0 Å². The van der Waals surface area contributed by atoms with Crippen LogP contribution in [0.1, 0.15) is 43.4 Å². The van der Waals surface area contributed by atoms with Crippen molar-refractivity contribution in [2.75, 3.05) is 0 Å². The molecule has 0 aliphatic carbocycles. The van der Waals surface area contributed by atoms with Crippen LogP contribution < -0.4 is 9.47 Å². The Morgan fingerprint density at radius 2 is 1.09 bits per heavy atom. The maximum absolute atomic E-state index is 11.8. The van der Waals surface area contributed by atoms with E-state index in [9.17, 15) is 9.59 Å². The highest BCUT2D eigenvalue weighted by Crippen LogP contribution is 2.44. The highest BCUT2D eigenvalue weighted by molar-refractivity contribution is 5.96. The third-order valence-electron chi connectivity index (χ3n) is 5.07. The van der Waals surface area contributed by atoms with Crippen molar-refractivity contribution in [3.63, 3.8) is 0 Å². The first-order valence-electron chi connectivity index (χ1n) is 11.0. The molecular formula is C29H26O6. The fourth-order valence-corrected chi connectivity index (χ4v) is 3.91. The van der Waals surface area contributed by atoms with Crippen LogP contribution >= 0.6 is 0 Å². The summed E-state index contributed by atoms with van der Waals surface area (Å²) in [5.41, 5.74) is 3.17. The number of hydrogen-bond acceptors (Lipinski definition) is 5. The molecule has 35 heavy (non-hydrogen) atoms. The smallest absolute Gasteiger partial charge is 0.308 e. The normalized spacial score (nSPS) is 10.3. The van der Waals surface area contributed by atoms with Gasteiger partial charge < -0.3 is 14.6 Å². The van der Waals surface area contributed by atoms with Gasteiger partial charge in [0.1, 0.15) is 0 Å². The summed E-state index contributed by atoms with van der Waals surface area (Å²) < 4.78 is 11.0. The van der Waals surface area contributed by atoms with Crippen molar-refractivity contribution < 1.29 is 29.0 Å². The lowest BCUT2D eigenvalue weighted by Gasteiger charge is -2.23. The van der Waals surface area contributed by atoms with Gasteiger partial charge in [0.15, 0.2) is 11.5 Å². The molecule has 0 saturated carbocycles. The Hall–Kier alpha value is -4.45. The number of ether oxygens (including phenoxy) is 2. The zero-order valence-electron chi connectivity index (χ0n) is 19.7. The molecule has 1 N–H and O–H groups in total. The molecule has 0 heterocycles. The Kier molecular flexibility index (Phi) is 8.35. The van der Waals surface area contributed by atoms with Crippen molar-refractivity contribution >= 4 is 28.7 Å². The average Bonchev–Trinajstić information content (AvgIpc) is 2.82. The fraction of sp³-hybridized carbons (Fsp3) is 0.138. The highest BCUT2D eigenvalue weighted by Gasteiger charge is 2.24. The van der Waals surface area contributed by atoms with Gasteiger partial charge in [-0.25, -0.2) is 0 Å². The van der Waals surface area contributed by atoms with E-state index in [0.717, 1.165) is 29.0 Å². The lowest BCUT2D eigenvalue weighted by atomic mass is 9.82. The molecule has 0 saturated heterocycles. The van der Waals surface area contributed by atoms with E-state index in [-0.39, 0.29) is 17.4 Å². The van der Waals surface area contributed by atoms with Gasteiger partial charge in [-0.3, -0.25) is 14.4 Å². The number of aliphatic carboxylic acids is 1. The molecule has 0 unspecified atom stereocenters. The first-order valence-corrected chi connectivity index (χ1v) is 11.0. The van der Waals surface area contributed by atoms with Gasteiger partial charge in [0.25, 0.3) is 5.97 Å². The fourth-order valence-electron chi connectivity index (χ4n) is 3.91. The van der Waals surface area contributed by atoms with E-state index in [1.807, 2.05) is 66.7 Å². The zero-order valence-corrected chi connectivity index (χ0v) is 19.7. The molecule has 0 aromatic heterocycles. The second-order valence-electron chi connectivity index (χ2n) is 7.80. The van der Waals surface area contributed by atoms with Crippen LogP contribution in [0.4, 0.5) is 0 Å². The number of benzene rings is 4. The van der Waals surface area contributed by atoms with Gasteiger partial charge in [-0.15, -0.1) is 0 Å². The minimum Gasteiger partial charge on any atom is -0.481 e. The molecule has 0 radical (unpaired) electrons. The summed E-state index contributed by atoms with van der Waals surface area (Å²) in [6.45, 7) is 3.75. The standard InChI is InChI=1S/C27H22O4.C2H4O2/c1-18(28)30-25-17-24(22-15-9-10-16-23(22)27(25)31-19(2)29)26(20-11-5-3-6-12-20)21-13-7-4-8-14-21;1-2(3)4/h3-17,26H,1-2H3;1H3,(H,3,4). The monoisotopic (exact) mass is 470 g/mol. The predicted octanol–water partition coefficient (Wildman–Crippen LogP) is 5.96. The molecule has 0 aliphatic rings. The second kappa shape index (κ2) is 11.6. The summed E-state index contributed by atoms with van der Waals surface area (Å²) in [6.07, 6.45) is 0. The lowest BCUT2D eigenvalue weighted by Crippen LogP contribution is -2.10. The van der Waals surface area contributed by atoms with E-state index in [1.165, 1.54) is 13.8 Å². The van der Waals surface area contributed by atoms with Crippen molar-refractivity contribution in [1.82, 2.24) is 0 Å². The number of carbonyl (C=O) groups is 3. The van der Waals surface area contributed by atoms with Crippen LogP contribution in [-0.4, -0.2) is 23.0 Å². The third kappa shape index (κ3) is 6.54. The number of fused-ring (bicyclic) bond motifs is 1. The molecule has 0 amide bonds. The Morgan fingerprint density at radius 3 is 1.54 bits per heavy atom. The quantitative estimate of drug-likeness (QED) is 0.220. The number of carboxylic acids is 1. The molecule has 0 aliphatic heterocycles. The highest BCUT2D eigenvalue weighted by atomic mass is 16.6. The topological polar surface area (TPSA) is 89.9 Å². The molecular weight excluding hydrogens is 444 g/mol. The molecule has 0 bridgehead atoms. The SMILES string of the molecule is CC(=O)O.CC(=O)Oc1cc(C(c2ccccc2)c2ccccc2)c2ccccc2c1OC(C)=O. The number of carboxylic acid groups (broad SMARTS) is 1. The third-order valence-corrected chi connectivity index (χ3v) is 5.07. The first kappa shape index (κ1) is 25.2. The van der Waals surface area contributed by atoms with Crippen LogP contribution in [0.2, 0.25) is 0 Å². The van der Waals surface area contributed by atoms with E-state index in [4.69, 9.17) is 19.4 Å². The first-order chi connectivity index (χ1) is 16.8. The summed E-state index contributed by atoms with van der Waals surface area (Å²) in [5.74, 6) is -1.41. The summed E-state index contributed by atoms with van der Waals surface area (Å²) >= 11 is 0. The van der Waals surface area contributed by atoms with E-state index in [0.29, 0.717) is 5.39 Å². The van der Waals surface area contributed by atoms with Gasteiger partial charge >= 0.3 is 11.9 Å². The van der Waals surface area contributed by atoms with Gasteiger partial charge in [0.05, 0.1) is 0 Å². The summed E-state index contributed by atoms with van der Waals surface area (Å²) in [7, 11) is 0. The van der Waals surface area contributed by atoms with Gasteiger partial charge in [-0.05, 0) is 28.1 Å². The Morgan fingerprint density at radius 1 is 0.657 bits per heavy atom. The molecule has 178 valence electrons. The Balaban J connectivity index is 0.000000795. The van der Waals surface area contributed by atoms with Crippen LogP contribution in [0.25, 0.3) is 10.8 Å². The van der Waals surface area contributed by atoms with E-state index in [2.05, 4.69) is 24.3 Å². The van der Waals surface area contributed by atoms with Gasteiger partial charge in [-0.1, -0.05) is 84.9 Å². The van der Waals surface area contributed by atoms with Crippen molar-refractivity contribution in [2.24, 2.45) is 0 Å². The maximum atomic E-state index is 11.8. The van der Waals surface area contributed by atoms with Crippen molar-refractivity contribution in [3.05, 3.63) is 108 Å². The van der Waals surface area contributed by atoms with Gasteiger partial charge in [0, 0.05) is 32.1 Å². The van der Waals surface area contributed by atoms with Crippen LogP contribution in [0.5, 0.6) is 11.5 Å². The summed E-state index contributed by atoms with van der Waals surface area (Å²) in [4.78, 5) is 32.6. The molecule has 4 rings (SSSR count). The molecule has 4 aromatic rings. The van der Waals surface area contributed by atoms with Gasteiger partial charge in [0.2, 0.25) is 0 Å². The zero-order chi connectivity index (χ0) is 25.4. The van der Waals surface area contributed by atoms with E-state index >= 15 is 0 Å². The van der Waals surface area contributed by atoms with Crippen molar-refractivity contribution in [1.29, 1.82) is 0 Å². The maximum Gasteiger partial charge on any atom is 0.308 e. The predicted molar refractivity (Wildman–Crippen MR) is 134 cm³/mol. The largest absolute Gasteiger partial charge is 0.481 e. The molecule has 0 fully saturated rings. The molecule has 0 spiro atoms. The van der Waals surface area contributed by atoms with Crippen molar-refractivity contribution in [2.45, 2.75) is 26.7 Å². The summed E-state index contributed by atoms with van der Waals surface area (Å²) in [5, 5.41) is 9.05. The van der Waals surface area contributed by atoms with Crippen LogP contribution in [0, 0.1) is 0 Å². The number of esters is 2. The minimum atomic E-state index is -0.833. The van der Waals surface area contributed by atoms with E-state index in [1.54, 1.807) is 0 Å². The number of hydrogen-bond donors (Lipinski definition) is 1. The lowest BCUT2D eigenvalue weighted by molar-refractivity contribution is -0.134. The molecule has 0 atom stereocenters. The van der Waals surface area contributed by atoms with Crippen molar-refractivity contribution in [3.8, 4) is 11.5 Å². The minimum absolute atomic E-state index is 0.104. The molecule has 6 nitrogen and oxygen atoms in total. The number of carbonyl (C=O) groups excluding carboxylic acids is 2. The molecule has 4 aromatic carbocycles. The second-order valence-corrected chi connectivity index (χ2v) is 7.80. The average molecular weight is 471 g/mol. The number of rotatable bonds is 5. The van der Waals surface area contributed by atoms with Crippen LogP contribution in [-0.2, 0) is 14.4 Å².